The number of aromatic nitrogens is 1. The van der Waals surface area contributed by atoms with Gasteiger partial charge in [-0.3, -0.25) is 9.59 Å². The van der Waals surface area contributed by atoms with Crippen LogP contribution >= 0.6 is 11.3 Å². The normalized spacial score (nSPS) is 13.1. The SMILES string of the molecule is CC(CNC(=O)c1csc(C(F)(F)F)n1)CC(=O)O. The third kappa shape index (κ3) is 4.86. The summed E-state index contributed by atoms with van der Waals surface area (Å²) in [5.74, 6) is -2.07. The van der Waals surface area contributed by atoms with Crippen molar-refractivity contribution in [3.05, 3.63) is 16.1 Å². The lowest BCUT2D eigenvalue weighted by molar-refractivity contribution is -0.138. The Morgan fingerprint density at radius 2 is 2.16 bits per heavy atom. The lowest BCUT2D eigenvalue weighted by Gasteiger charge is -2.09. The number of thiazole rings is 1. The molecule has 0 fully saturated rings. The molecule has 0 aromatic carbocycles. The fourth-order valence-electron chi connectivity index (χ4n) is 1.24. The van der Waals surface area contributed by atoms with E-state index in [4.69, 9.17) is 5.11 Å². The Morgan fingerprint density at radius 3 is 2.63 bits per heavy atom. The van der Waals surface area contributed by atoms with Gasteiger partial charge < -0.3 is 10.4 Å². The van der Waals surface area contributed by atoms with Crippen LogP contribution in [-0.4, -0.2) is 28.5 Å². The van der Waals surface area contributed by atoms with Gasteiger partial charge in [-0.15, -0.1) is 11.3 Å². The van der Waals surface area contributed by atoms with Crippen LogP contribution < -0.4 is 5.32 Å². The van der Waals surface area contributed by atoms with Crippen LogP contribution in [0.2, 0.25) is 0 Å². The van der Waals surface area contributed by atoms with Gasteiger partial charge in [-0.1, -0.05) is 6.92 Å². The second kappa shape index (κ2) is 6.00. The van der Waals surface area contributed by atoms with Crippen LogP contribution in [0.3, 0.4) is 0 Å². The molecule has 106 valence electrons. The molecule has 1 rings (SSSR count). The third-order valence-electron chi connectivity index (χ3n) is 2.11. The quantitative estimate of drug-likeness (QED) is 0.871. The lowest BCUT2D eigenvalue weighted by Crippen LogP contribution is -2.29. The monoisotopic (exact) mass is 296 g/mol. The molecule has 0 aliphatic rings. The number of halogens is 3. The van der Waals surface area contributed by atoms with Crippen LogP contribution in [0.5, 0.6) is 0 Å². The van der Waals surface area contributed by atoms with Gasteiger partial charge in [0.15, 0.2) is 5.01 Å². The minimum Gasteiger partial charge on any atom is -0.481 e. The zero-order valence-electron chi connectivity index (χ0n) is 9.82. The van der Waals surface area contributed by atoms with Gasteiger partial charge in [-0.05, 0) is 5.92 Å². The highest BCUT2D eigenvalue weighted by Gasteiger charge is 2.35. The first kappa shape index (κ1) is 15.4. The Morgan fingerprint density at radius 1 is 1.53 bits per heavy atom. The molecule has 0 aliphatic carbocycles. The van der Waals surface area contributed by atoms with Crippen LogP contribution in [-0.2, 0) is 11.0 Å². The van der Waals surface area contributed by atoms with Gasteiger partial charge in [-0.2, -0.15) is 13.2 Å². The Kier molecular flexibility index (Phi) is 4.87. The number of nitrogens with zero attached hydrogens (tertiary/aromatic N) is 1. The number of carboxylic acids is 1. The summed E-state index contributed by atoms with van der Waals surface area (Å²) in [5.41, 5.74) is -0.320. The zero-order chi connectivity index (χ0) is 14.6. The average molecular weight is 296 g/mol. The summed E-state index contributed by atoms with van der Waals surface area (Å²) >= 11 is 0.339. The molecule has 1 atom stereocenters. The number of hydrogen-bond acceptors (Lipinski definition) is 4. The van der Waals surface area contributed by atoms with Crippen LogP contribution in [0.15, 0.2) is 5.38 Å². The van der Waals surface area contributed by atoms with Crippen molar-refractivity contribution < 1.29 is 27.9 Å². The maximum absolute atomic E-state index is 12.3. The van der Waals surface area contributed by atoms with Gasteiger partial charge in [-0.25, -0.2) is 4.98 Å². The fraction of sp³-hybridized carbons (Fsp3) is 0.500. The molecule has 0 radical (unpaired) electrons. The molecule has 2 N–H and O–H groups in total. The van der Waals surface area contributed by atoms with Crippen molar-refractivity contribution in [3.63, 3.8) is 0 Å². The zero-order valence-corrected chi connectivity index (χ0v) is 10.6. The molecular formula is C10H11F3N2O3S. The van der Waals surface area contributed by atoms with Gasteiger partial charge in [0.2, 0.25) is 0 Å². The van der Waals surface area contributed by atoms with Gasteiger partial charge >= 0.3 is 12.1 Å². The summed E-state index contributed by atoms with van der Waals surface area (Å²) in [4.78, 5) is 25.1. The number of alkyl halides is 3. The van der Waals surface area contributed by atoms with Crippen molar-refractivity contribution in [3.8, 4) is 0 Å². The van der Waals surface area contributed by atoms with Gasteiger partial charge in [0.1, 0.15) is 5.69 Å². The van der Waals surface area contributed by atoms with E-state index in [9.17, 15) is 22.8 Å². The van der Waals surface area contributed by atoms with Crippen LogP contribution in [0.25, 0.3) is 0 Å². The number of hydrogen-bond donors (Lipinski definition) is 2. The Bertz CT molecular complexity index is 473. The van der Waals surface area contributed by atoms with Crippen molar-refractivity contribution in [1.82, 2.24) is 10.3 Å². The summed E-state index contributed by atoms with van der Waals surface area (Å²) in [6.45, 7) is 1.67. The first-order chi connectivity index (χ1) is 8.70. The summed E-state index contributed by atoms with van der Waals surface area (Å²) in [6, 6.07) is 0. The summed E-state index contributed by atoms with van der Waals surface area (Å²) in [5, 5.41) is 10.8. The second-order valence-electron chi connectivity index (χ2n) is 3.95. The minimum absolute atomic E-state index is 0.0595. The van der Waals surface area contributed by atoms with E-state index in [1.807, 2.05) is 0 Å². The topological polar surface area (TPSA) is 79.3 Å². The Balaban J connectivity index is 2.55. The fourth-order valence-corrected chi connectivity index (χ4v) is 1.90. The van der Waals surface area contributed by atoms with Crippen LogP contribution in [0.1, 0.15) is 28.8 Å². The summed E-state index contributed by atoms with van der Waals surface area (Å²) in [7, 11) is 0. The number of carbonyl (C=O) groups excluding carboxylic acids is 1. The third-order valence-corrected chi connectivity index (χ3v) is 3.00. The molecule has 5 nitrogen and oxygen atoms in total. The molecule has 0 saturated heterocycles. The molecule has 0 saturated carbocycles. The van der Waals surface area contributed by atoms with E-state index >= 15 is 0 Å². The molecule has 1 aromatic rings. The minimum atomic E-state index is -4.57. The standard InChI is InChI=1S/C10H11F3N2O3S/c1-5(2-7(16)17)3-14-8(18)6-4-19-9(15-6)10(11,12)13/h4-5H,2-3H2,1H3,(H,14,18)(H,16,17). The number of carboxylic acid groups (broad SMARTS) is 1. The van der Waals surface area contributed by atoms with E-state index in [0.29, 0.717) is 11.3 Å². The van der Waals surface area contributed by atoms with Crippen molar-refractivity contribution in [1.29, 1.82) is 0 Å². The van der Waals surface area contributed by atoms with Gasteiger partial charge in [0, 0.05) is 18.3 Å². The van der Waals surface area contributed by atoms with Crippen molar-refractivity contribution >= 4 is 23.2 Å². The highest BCUT2D eigenvalue weighted by atomic mass is 32.1. The summed E-state index contributed by atoms with van der Waals surface area (Å²) in [6.07, 6.45) is -4.70. The van der Waals surface area contributed by atoms with Crippen molar-refractivity contribution in [2.75, 3.05) is 6.54 Å². The number of rotatable bonds is 5. The molecule has 9 heteroatoms. The second-order valence-corrected chi connectivity index (χ2v) is 4.81. The number of aliphatic carboxylic acids is 1. The van der Waals surface area contributed by atoms with Crippen molar-refractivity contribution in [2.45, 2.75) is 19.5 Å². The molecule has 0 bridgehead atoms. The summed E-state index contributed by atoms with van der Waals surface area (Å²) < 4.78 is 36.8. The van der Waals surface area contributed by atoms with E-state index in [1.165, 1.54) is 0 Å². The number of nitrogens with one attached hydrogen (secondary N) is 1. The van der Waals surface area contributed by atoms with Crippen LogP contribution in [0, 0.1) is 5.92 Å². The van der Waals surface area contributed by atoms with Gasteiger partial charge in [0.05, 0.1) is 0 Å². The van der Waals surface area contributed by atoms with Crippen molar-refractivity contribution in [2.24, 2.45) is 5.92 Å². The maximum atomic E-state index is 12.3. The van der Waals surface area contributed by atoms with E-state index in [2.05, 4.69) is 10.3 Å². The predicted octanol–water partition coefficient (Wildman–Crippen LogP) is 2.00. The molecule has 1 aromatic heterocycles. The highest BCUT2D eigenvalue weighted by molar-refractivity contribution is 7.09. The maximum Gasteiger partial charge on any atom is 0.443 e. The molecular weight excluding hydrogens is 285 g/mol. The highest BCUT2D eigenvalue weighted by Crippen LogP contribution is 2.31. The van der Waals surface area contributed by atoms with E-state index in [1.54, 1.807) is 6.92 Å². The molecule has 0 spiro atoms. The molecule has 0 aliphatic heterocycles. The first-order valence-electron chi connectivity index (χ1n) is 5.23. The molecule has 19 heavy (non-hydrogen) atoms. The molecule has 1 unspecified atom stereocenters. The largest absolute Gasteiger partial charge is 0.481 e. The Labute approximate surface area is 110 Å². The Hall–Kier alpha value is -1.64. The van der Waals surface area contributed by atoms with Crippen LogP contribution in [0.4, 0.5) is 13.2 Å². The number of amides is 1. The molecule has 1 amide bonds. The first-order valence-corrected chi connectivity index (χ1v) is 6.11. The van der Waals surface area contributed by atoms with E-state index < -0.39 is 23.1 Å². The predicted molar refractivity (Wildman–Crippen MR) is 60.9 cm³/mol. The van der Waals surface area contributed by atoms with Gasteiger partial charge in [0.25, 0.3) is 5.91 Å². The lowest BCUT2D eigenvalue weighted by atomic mass is 10.1. The average Bonchev–Trinajstić information content (AvgIpc) is 2.73. The molecule has 1 heterocycles. The number of carbonyl (C=O) groups is 2. The smallest absolute Gasteiger partial charge is 0.443 e. The van der Waals surface area contributed by atoms with E-state index in [0.717, 1.165) is 5.38 Å². The van der Waals surface area contributed by atoms with E-state index in [-0.39, 0.29) is 24.6 Å².